The summed E-state index contributed by atoms with van der Waals surface area (Å²) in [5.41, 5.74) is 2.29. The van der Waals surface area contributed by atoms with Crippen molar-refractivity contribution in [1.82, 2.24) is 9.78 Å². The zero-order valence-corrected chi connectivity index (χ0v) is 11.7. The highest BCUT2D eigenvalue weighted by Crippen LogP contribution is 2.23. The Morgan fingerprint density at radius 2 is 2.18 bits per heavy atom. The monoisotopic (exact) mass is 312 g/mol. The second-order valence-corrected chi connectivity index (χ2v) is 4.99. The molecule has 2 aromatic rings. The van der Waals surface area contributed by atoms with Gasteiger partial charge in [0.15, 0.2) is 5.78 Å². The minimum absolute atomic E-state index is 0.0260. The van der Waals surface area contributed by atoms with Crippen molar-refractivity contribution in [3.8, 4) is 5.69 Å². The number of carbonyl (C=O) groups excluding carboxylic acids is 1. The fourth-order valence-electron chi connectivity index (χ4n) is 1.50. The lowest BCUT2D eigenvalue weighted by molar-refractivity contribution is 0.101. The molecule has 0 saturated carbocycles. The number of aryl methyl sites for hydroxylation is 1. The summed E-state index contributed by atoms with van der Waals surface area (Å²) in [5.74, 6) is 0.0260. The number of hydrogen-bond acceptors (Lipinski definition) is 2. The molecule has 3 nitrogen and oxygen atoms in total. The summed E-state index contributed by atoms with van der Waals surface area (Å²) >= 11 is 9.33. The van der Waals surface area contributed by atoms with Crippen molar-refractivity contribution in [3.05, 3.63) is 45.1 Å². The minimum atomic E-state index is 0.0260. The number of halogens is 2. The van der Waals surface area contributed by atoms with Gasteiger partial charge < -0.3 is 0 Å². The molecule has 0 aliphatic rings. The maximum absolute atomic E-state index is 11.3. The second-order valence-electron chi connectivity index (χ2n) is 3.73. The Morgan fingerprint density at radius 1 is 1.47 bits per heavy atom. The molecule has 0 saturated heterocycles. The van der Waals surface area contributed by atoms with Crippen molar-refractivity contribution in [2.45, 2.75) is 13.8 Å². The molecule has 17 heavy (non-hydrogen) atoms. The molecular weight excluding hydrogens is 304 g/mol. The smallest absolute Gasteiger partial charge is 0.160 e. The molecule has 0 radical (unpaired) electrons. The van der Waals surface area contributed by atoms with Gasteiger partial charge in [-0.1, -0.05) is 11.6 Å². The fourth-order valence-corrected chi connectivity index (χ4v) is 2.28. The molecule has 1 heterocycles. The van der Waals surface area contributed by atoms with E-state index in [1.54, 1.807) is 16.9 Å². The quantitative estimate of drug-likeness (QED) is 0.790. The zero-order chi connectivity index (χ0) is 12.6. The van der Waals surface area contributed by atoms with E-state index in [0.29, 0.717) is 10.6 Å². The Labute approximate surface area is 113 Å². The van der Waals surface area contributed by atoms with Gasteiger partial charge in [-0.15, -0.1) is 0 Å². The Hall–Kier alpha value is -1.13. The van der Waals surface area contributed by atoms with E-state index in [2.05, 4.69) is 21.0 Å². The summed E-state index contributed by atoms with van der Waals surface area (Å²) in [7, 11) is 0. The van der Waals surface area contributed by atoms with Crippen LogP contribution in [-0.4, -0.2) is 15.6 Å². The number of Topliss-reactive ketones (excluding diaryl/α,β-unsaturated/α-hetero) is 1. The standard InChI is InChI=1S/C12H10BrClN2O/c1-7-12(14)6-16(15-7)9-3-4-10(8(2)17)11(13)5-9/h3-6H,1-2H3. The lowest BCUT2D eigenvalue weighted by Gasteiger charge is -2.04. The van der Waals surface area contributed by atoms with Crippen molar-refractivity contribution in [2.75, 3.05) is 0 Å². The first-order valence-corrected chi connectivity index (χ1v) is 6.19. The number of rotatable bonds is 2. The lowest BCUT2D eigenvalue weighted by Crippen LogP contribution is -1.98. The summed E-state index contributed by atoms with van der Waals surface area (Å²) in [5, 5.41) is 4.90. The number of aromatic nitrogens is 2. The van der Waals surface area contributed by atoms with Gasteiger partial charge in [-0.2, -0.15) is 5.10 Å². The Morgan fingerprint density at radius 3 is 2.65 bits per heavy atom. The Bertz CT molecular complexity index is 573. The SMILES string of the molecule is CC(=O)c1ccc(-n2cc(Cl)c(C)n2)cc1Br. The van der Waals surface area contributed by atoms with Crippen LogP contribution in [0.5, 0.6) is 0 Å². The molecule has 0 N–H and O–H groups in total. The maximum atomic E-state index is 11.3. The van der Waals surface area contributed by atoms with E-state index in [9.17, 15) is 4.79 Å². The molecule has 5 heteroatoms. The molecule has 0 unspecified atom stereocenters. The van der Waals surface area contributed by atoms with Crippen LogP contribution in [0.2, 0.25) is 5.02 Å². The van der Waals surface area contributed by atoms with Gasteiger partial charge in [-0.3, -0.25) is 4.79 Å². The molecule has 88 valence electrons. The summed E-state index contributed by atoms with van der Waals surface area (Å²) in [6.45, 7) is 3.38. The first kappa shape index (κ1) is 12.3. The molecule has 1 aromatic carbocycles. The van der Waals surface area contributed by atoms with E-state index in [0.717, 1.165) is 15.9 Å². The number of benzene rings is 1. The molecule has 0 spiro atoms. The summed E-state index contributed by atoms with van der Waals surface area (Å²) in [6, 6.07) is 5.45. The van der Waals surface area contributed by atoms with E-state index in [4.69, 9.17) is 11.6 Å². The van der Waals surface area contributed by atoms with Crippen molar-refractivity contribution in [3.63, 3.8) is 0 Å². The van der Waals surface area contributed by atoms with Gasteiger partial charge in [0, 0.05) is 16.2 Å². The predicted molar refractivity (Wildman–Crippen MR) is 71.0 cm³/mol. The molecule has 2 rings (SSSR count). The van der Waals surface area contributed by atoms with Gasteiger partial charge in [0.2, 0.25) is 0 Å². The first-order valence-electron chi connectivity index (χ1n) is 5.01. The van der Waals surface area contributed by atoms with E-state index in [1.165, 1.54) is 6.92 Å². The third kappa shape index (κ3) is 2.42. The highest BCUT2D eigenvalue weighted by Gasteiger charge is 2.08. The molecule has 0 fully saturated rings. The van der Waals surface area contributed by atoms with E-state index < -0.39 is 0 Å². The van der Waals surface area contributed by atoms with Crippen molar-refractivity contribution in [1.29, 1.82) is 0 Å². The minimum Gasteiger partial charge on any atom is -0.294 e. The highest BCUT2D eigenvalue weighted by atomic mass is 79.9. The number of ketones is 1. The average Bonchev–Trinajstić information content (AvgIpc) is 2.58. The zero-order valence-electron chi connectivity index (χ0n) is 9.37. The van der Waals surface area contributed by atoms with Gasteiger partial charge in [0.1, 0.15) is 0 Å². The van der Waals surface area contributed by atoms with Gasteiger partial charge in [0.25, 0.3) is 0 Å². The maximum Gasteiger partial charge on any atom is 0.160 e. The van der Waals surface area contributed by atoms with Crippen LogP contribution in [0.4, 0.5) is 0 Å². The van der Waals surface area contributed by atoms with Gasteiger partial charge in [0.05, 0.1) is 16.4 Å². The van der Waals surface area contributed by atoms with E-state index >= 15 is 0 Å². The first-order chi connectivity index (χ1) is 7.99. The Kier molecular flexibility index (Phi) is 3.35. The van der Waals surface area contributed by atoms with Gasteiger partial charge in [-0.05, 0) is 48.0 Å². The van der Waals surface area contributed by atoms with Crippen LogP contribution in [0.1, 0.15) is 23.0 Å². The average molecular weight is 314 g/mol. The van der Waals surface area contributed by atoms with Crippen molar-refractivity contribution in [2.24, 2.45) is 0 Å². The second kappa shape index (κ2) is 4.63. The lowest BCUT2D eigenvalue weighted by atomic mass is 10.1. The fraction of sp³-hybridized carbons (Fsp3) is 0.167. The summed E-state index contributed by atoms with van der Waals surface area (Å²) < 4.78 is 2.44. The molecule has 0 aliphatic carbocycles. The summed E-state index contributed by atoms with van der Waals surface area (Å²) in [4.78, 5) is 11.3. The molecule has 1 aromatic heterocycles. The molecule has 0 atom stereocenters. The third-order valence-corrected chi connectivity index (χ3v) is 3.46. The van der Waals surface area contributed by atoms with Crippen LogP contribution in [0.15, 0.2) is 28.9 Å². The van der Waals surface area contributed by atoms with Crippen molar-refractivity contribution >= 4 is 33.3 Å². The largest absolute Gasteiger partial charge is 0.294 e. The molecule has 0 bridgehead atoms. The van der Waals surface area contributed by atoms with Crippen LogP contribution in [0.3, 0.4) is 0 Å². The topological polar surface area (TPSA) is 34.9 Å². The van der Waals surface area contributed by atoms with Crippen LogP contribution >= 0.6 is 27.5 Å². The Balaban J connectivity index is 2.47. The molecule has 0 amide bonds. The van der Waals surface area contributed by atoms with Crippen LogP contribution in [0, 0.1) is 6.92 Å². The molecular formula is C12H10BrClN2O. The van der Waals surface area contributed by atoms with Gasteiger partial charge >= 0.3 is 0 Å². The van der Waals surface area contributed by atoms with Crippen LogP contribution in [-0.2, 0) is 0 Å². The number of hydrogen-bond donors (Lipinski definition) is 0. The predicted octanol–water partition coefficient (Wildman–Crippen LogP) is 3.80. The summed E-state index contributed by atoms with van der Waals surface area (Å²) in [6.07, 6.45) is 1.74. The number of carbonyl (C=O) groups is 1. The van der Waals surface area contributed by atoms with Crippen LogP contribution < -0.4 is 0 Å². The molecule has 0 aliphatic heterocycles. The number of nitrogens with zero attached hydrogens (tertiary/aromatic N) is 2. The van der Waals surface area contributed by atoms with Gasteiger partial charge in [-0.25, -0.2) is 4.68 Å². The normalized spacial score (nSPS) is 10.6. The third-order valence-electron chi connectivity index (χ3n) is 2.44. The van der Waals surface area contributed by atoms with E-state index in [1.807, 2.05) is 19.1 Å². The van der Waals surface area contributed by atoms with Crippen molar-refractivity contribution < 1.29 is 4.79 Å². The van der Waals surface area contributed by atoms with E-state index in [-0.39, 0.29) is 5.78 Å². The van der Waals surface area contributed by atoms with Crippen LogP contribution in [0.25, 0.3) is 5.69 Å². The highest BCUT2D eigenvalue weighted by molar-refractivity contribution is 9.10.